The minimum absolute atomic E-state index is 0.0858. The lowest BCUT2D eigenvalue weighted by Gasteiger charge is -2.26. The summed E-state index contributed by atoms with van der Waals surface area (Å²) in [6.07, 6.45) is 1.65. The first-order valence-electron chi connectivity index (χ1n) is 11.8. The van der Waals surface area contributed by atoms with Crippen molar-refractivity contribution in [3.05, 3.63) is 117 Å². The van der Waals surface area contributed by atoms with Crippen LogP contribution in [-0.2, 0) is 6.54 Å². The molecule has 0 fully saturated rings. The molecular formula is C30H27NO5. The maximum absolute atomic E-state index is 13.9. The van der Waals surface area contributed by atoms with E-state index < -0.39 is 6.04 Å². The summed E-state index contributed by atoms with van der Waals surface area (Å²) in [7, 11) is 1.56. The Morgan fingerprint density at radius 3 is 2.47 bits per heavy atom. The third-order valence-corrected chi connectivity index (χ3v) is 6.64. The molecule has 1 aliphatic rings. The summed E-state index contributed by atoms with van der Waals surface area (Å²) >= 11 is 0. The maximum atomic E-state index is 13.9. The van der Waals surface area contributed by atoms with Crippen molar-refractivity contribution in [2.45, 2.75) is 26.4 Å². The highest BCUT2D eigenvalue weighted by Crippen LogP contribution is 2.42. The van der Waals surface area contributed by atoms with Crippen LogP contribution in [0.15, 0.2) is 82.5 Å². The van der Waals surface area contributed by atoms with Gasteiger partial charge >= 0.3 is 0 Å². The highest BCUT2D eigenvalue weighted by atomic mass is 16.5. The summed E-state index contributed by atoms with van der Waals surface area (Å²) in [6.45, 7) is 8.25. The molecule has 0 aliphatic carbocycles. The number of carbonyl (C=O) groups excluding carboxylic acids is 1. The number of aryl methyl sites for hydroxylation is 2. The molecule has 1 unspecified atom stereocenters. The fourth-order valence-corrected chi connectivity index (χ4v) is 4.69. The van der Waals surface area contributed by atoms with Gasteiger partial charge in [-0.25, -0.2) is 0 Å². The van der Waals surface area contributed by atoms with Gasteiger partial charge < -0.3 is 18.8 Å². The van der Waals surface area contributed by atoms with Gasteiger partial charge in [0, 0.05) is 6.54 Å². The number of methoxy groups -OCH3 is 1. The van der Waals surface area contributed by atoms with Crippen LogP contribution in [0.2, 0.25) is 0 Å². The van der Waals surface area contributed by atoms with E-state index in [1.165, 1.54) is 0 Å². The predicted octanol–water partition coefficient (Wildman–Crippen LogP) is 5.73. The first-order valence-corrected chi connectivity index (χ1v) is 11.8. The number of fused-ring (bicyclic) bond motifs is 2. The van der Waals surface area contributed by atoms with E-state index >= 15 is 0 Å². The lowest BCUT2D eigenvalue weighted by Crippen LogP contribution is -2.29. The number of rotatable bonds is 7. The first-order chi connectivity index (χ1) is 17.4. The Labute approximate surface area is 209 Å². The average molecular weight is 482 g/mol. The molecule has 6 heteroatoms. The van der Waals surface area contributed by atoms with E-state index in [0.29, 0.717) is 41.2 Å². The molecule has 1 atom stereocenters. The quantitative estimate of drug-likeness (QED) is 0.316. The molecule has 0 saturated heterocycles. The summed E-state index contributed by atoms with van der Waals surface area (Å²) < 4.78 is 17.4. The normalized spacial score (nSPS) is 14.7. The molecular weight excluding hydrogens is 454 g/mol. The van der Waals surface area contributed by atoms with Gasteiger partial charge in [0.05, 0.1) is 24.1 Å². The standard InChI is InChI=1S/C30H27NO5/c1-5-13-35-23-12-11-21(16-25(23)34-4)27-26-28(32)22-14-18(2)19(3)15-24(22)36-29(26)30(33)31(27)17-20-9-7-6-8-10-20/h5-12,14-16,27H,1,13,17H2,2-4H3. The zero-order chi connectivity index (χ0) is 25.4. The minimum Gasteiger partial charge on any atom is -0.493 e. The van der Waals surface area contributed by atoms with Crippen LogP contribution in [0.3, 0.4) is 0 Å². The van der Waals surface area contributed by atoms with Crippen LogP contribution < -0.4 is 14.9 Å². The van der Waals surface area contributed by atoms with Crippen molar-refractivity contribution in [1.29, 1.82) is 0 Å². The molecule has 36 heavy (non-hydrogen) atoms. The SMILES string of the molecule is C=CCOc1ccc(C2c3c(oc4cc(C)c(C)cc4c3=O)C(=O)N2Cc2ccccc2)cc1OC. The number of carbonyl (C=O) groups is 1. The molecule has 1 aromatic heterocycles. The van der Waals surface area contributed by atoms with E-state index in [0.717, 1.165) is 22.3 Å². The highest BCUT2D eigenvalue weighted by Gasteiger charge is 2.43. The second-order valence-electron chi connectivity index (χ2n) is 8.94. The van der Waals surface area contributed by atoms with Gasteiger partial charge in [0.2, 0.25) is 5.76 Å². The van der Waals surface area contributed by atoms with Gasteiger partial charge in [-0.3, -0.25) is 9.59 Å². The summed E-state index contributed by atoms with van der Waals surface area (Å²) in [5, 5.41) is 0.467. The molecule has 2 heterocycles. The number of amides is 1. The Morgan fingerprint density at radius 2 is 1.75 bits per heavy atom. The van der Waals surface area contributed by atoms with Crippen molar-refractivity contribution in [3.63, 3.8) is 0 Å². The van der Waals surface area contributed by atoms with Gasteiger partial charge in [0.25, 0.3) is 5.91 Å². The van der Waals surface area contributed by atoms with Crippen molar-refractivity contribution in [3.8, 4) is 11.5 Å². The van der Waals surface area contributed by atoms with Gasteiger partial charge in [0.15, 0.2) is 16.9 Å². The van der Waals surface area contributed by atoms with Gasteiger partial charge in [0.1, 0.15) is 12.2 Å². The Hall–Kier alpha value is -4.32. The van der Waals surface area contributed by atoms with Crippen LogP contribution in [0, 0.1) is 13.8 Å². The summed E-state index contributed by atoms with van der Waals surface area (Å²) in [5.41, 5.74) is 4.22. The molecule has 1 aliphatic heterocycles. The van der Waals surface area contributed by atoms with Crippen LogP contribution in [0.5, 0.6) is 11.5 Å². The Bertz CT molecular complexity index is 1540. The Morgan fingerprint density at radius 1 is 1.00 bits per heavy atom. The number of hydrogen-bond donors (Lipinski definition) is 0. The first kappa shape index (κ1) is 23.4. The van der Waals surface area contributed by atoms with Crippen molar-refractivity contribution in [1.82, 2.24) is 4.90 Å². The number of benzene rings is 3. The predicted molar refractivity (Wildman–Crippen MR) is 139 cm³/mol. The lowest BCUT2D eigenvalue weighted by molar-refractivity contribution is 0.0714. The van der Waals surface area contributed by atoms with Crippen LogP contribution in [-0.4, -0.2) is 24.5 Å². The van der Waals surface area contributed by atoms with E-state index in [-0.39, 0.29) is 17.1 Å². The molecule has 0 radical (unpaired) electrons. The monoisotopic (exact) mass is 481 g/mol. The van der Waals surface area contributed by atoms with E-state index in [2.05, 4.69) is 6.58 Å². The van der Waals surface area contributed by atoms with E-state index in [1.54, 1.807) is 24.2 Å². The number of hydrogen-bond acceptors (Lipinski definition) is 5. The number of ether oxygens (including phenoxy) is 2. The summed E-state index contributed by atoms with van der Waals surface area (Å²) in [6, 6.07) is 18.2. The van der Waals surface area contributed by atoms with Crippen molar-refractivity contribution in [2.24, 2.45) is 0 Å². The molecule has 6 nitrogen and oxygen atoms in total. The molecule has 0 spiro atoms. The maximum Gasteiger partial charge on any atom is 0.291 e. The van der Waals surface area contributed by atoms with Crippen LogP contribution in [0.1, 0.15) is 44.4 Å². The third kappa shape index (κ3) is 3.94. The second kappa shape index (κ2) is 9.38. The molecule has 5 rings (SSSR count). The molecule has 0 bridgehead atoms. The van der Waals surface area contributed by atoms with Gasteiger partial charge in [-0.2, -0.15) is 0 Å². The van der Waals surface area contributed by atoms with Crippen LogP contribution >= 0.6 is 0 Å². The van der Waals surface area contributed by atoms with Crippen LogP contribution in [0.25, 0.3) is 11.0 Å². The van der Waals surface area contributed by atoms with E-state index in [9.17, 15) is 9.59 Å². The fourth-order valence-electron chi connectivity index (χ4n) is 4.69. The molecule has 182 valence electrons. The smallest absolute Gasteiger partial charge is 0.291 e. The largest absolute Gasteiger partial charge is 0.493 e. The molecule has 1 amide bonds. The second-order valence-corrected chi connectivity index (χ2v) is 8.94. The summed E-state index contributed by atoms with van der Waals surface area (Å²) in [4.78, 5) is 29.3. The topological polar surface area (TPSA) is 69.0 Å². The Kier molecular flexibility index (Phi) is 6.10. The number of nitrogens with zero attached hydrogens (tertiary/aromatic N) is 1. The molecule has 3 aromatic carbocycles. The molecule has 0 saturated carbocycles. The molecule has 0 N–H and O–H groups in total. The van der Waals surface area contributed by atoms with E-state index in [4.69, 9.17) is 13.9 Å². The average Bonchev–Trinajstić information content (AvgIpc) is 3.16. The van der Waals surface area contributed by atoms with Gasteiger partial charge in [-0.1, -0.05) is 49.1 Å². The highest BCUT2D eigenvalue weighted by molar-refractivity contribution is 5.99. The van der Waals surface area contributed by atoms with Crippen LogP contribution in [0.4, 0.5) is 0 Å². The Balaban J connectivity index is 1.71. The summed E-state index contributed by atoms with van der Waals surface area (Å²) in [5.74, 6) is 0.827. The zero-order valence-corrected chi connectivity index (χ0v) is 20.5. The molecule has 4 aromatic rings. The third-order valence-electron chi connectivity index (χ3n) is 6.64. The van der Waals surface area contributed by atoms with Crippen molar-refractivity contribution >= 4 is 16.9 Å². The lowest BCUT2D eigenvalue weighted by atomic mass is 9.97. The minimum atomic E-state index is -0.641. The van der Waals surface area contributed by atoms with Gasteiger partial charge in [-0.05, 0) is 60.4 Å². The van der Waals surface area contributed by atoms with Gasteiger partial charge in [-0.15, -0.1) is 0 Å². The van der Waals surface area contributed by atoms with E-state index in [1.807, 2.05) is 68.4 Å². The zero-order valence-electron chi connectivity index (χ0n) is 20.5. The van der Waals surface area contributed by atoms with Crippen molar-refractivity contribution in [2.75, 3.05) is 13.7 Å². The fraction of sp³-hybridized carbons (Fsp3) is 0.200. The van der Waals surface area contributed by atoms with Crippen molar-refractivity contribution < 1.29 is 18.7 Å².